The molecular weight excluding hydrogens is 490 g/mol. The number of hydrogen-bond acceptors (Lipinski definition) is 3. The van der Waals surface area contributed by atoms with Gasteiger partial charge in [0.2, 0.25) is 0 Å². The van der Waals surface area contributed by atoms with Crippen molar-refractivity contribution >= 4 is 22.5 Å². The van der Waals surface area contributed by atoms with Gasteiger partial charge in [0.15, 0.2) is 0 Å². The Morgan fingerprint density at radius 3 is 2.61 bits per heavy atom. The summed E-state index contributed by atoms with van der Waals surface area (Å²) in [5, 5.41) is 1.67. The van der Waals surface area contributed by atoms with Gasteiger partial charge in [-0.25, -0.2) is 9.97 Å². The number of halogens is 1. The molecule has 1 N–H and O–H groups in total. The molecule has 3 atom stereocenters. The smallest absolute Gasteiger partial charge is 0.138 e. The summed E-state index contributed by atoms with van der Waals surface area (Å²) >= 11 is 6.29. The fraction of sp³-hybridized carbons (Fsp3) is 0.273. The summed E-state index contributed by atoms with van der Waals surface area (Å²) in [7, 11) is 0. The zero-order chi connectivity index (χ0) is 26.1. The Morgan fingerprint density at radius 1 is 1.00 bits per heavy atom. The second-order valence-electron chi connectivity index (χ2n) is 10.6. The van der Waals surface area contributed by atoms with E-state index in [9.17, 15) is 0 Å². The van der Waals surface area contributed by atoms with Crippen LogP contribution in [0, 0.1) is 11.8 Å². The number of aromatic nitrogens is 3. The third-order valence-electron chi connectivity index (χ3n) is 8.15. The van der Waals surface area contributed by atoms with Crippen LogP contribution in [0.5, 0.6) is 5.75 Å². The number of H-pyrrole nitrogens is 1. The quantitative estimate of drug-likeness (QED) is 0.233. The number of benzene rings is 3. The number of para-hydroxylation sites is 1. The van der Waals surface area contributed by atoms with E-state index in [1.54, 1.807) is 6.20 Å². The highest BCUT2D eigenvalue weighted by Crippen LogP contribution is 2.56. The molecule has 3 unspecified atom stereocenters. The van der Waals surface area contributed by atoms with E-state index < -0.39 is 0 Å². The largest absolute Gasteiger partial charge is 0.487 e. The van der Waals surface area contributed by atoms with Crippen molar-refractivity contribution in [2.75, 3.05) is 0 Å². The van der Waals surface area contributed by atoms with Gasteiger partial charge in [-0.3, -0.25) is 0 Å². The van der Waals surface area contributed by atoms with E-state index in [4.69, 9.17) is 21.3 Å². The van der Waals surface area contributed by atoms with Crippen molar-refractivity contribution in [1.82, 2.24) is 15.0 Å². The average molecular weight is 522 g/mol. The lowest BCUT2D eigenvalue weighted by Gasteiger charge is -2.38. The molecule has 1 fully saturated rings. The molecule has 192 valence electrons. The first-order valence-electron chi connectivity index (χ1n) is 13.4. The highest BCUT2D eigenvalue weighted by Gasteiger charge is 2.48. The third kappa shape index (κ3) is 4.48. The van der Waals surface area contributed by atoms with E-state index in [0.717, 1.165) is 46.6 Å². The Balaban J connectivity index is 1.45. The molecule has 6 rings (SSSR count). The minimum absolute atomic E-state index is 0.148. The second kappa shape index (κ2) is 10.3. The number of rotatable bonds is 7. The van der Waals surface area contributed by atoms with Crippen LogP contribution in [0.1, 0.15) is 49.9 Å². The first-order chi connectivity index (χ1) is 18.6. The maximum Gasteiger partial charge on any atom is 0.138 e. The van der Waals surface area contributed by atoms with Gasteiger partial charge < -0.3 is 9.72 Å². The van der Waals surface area contributed by atoms with Crippen molar-refractivity contribution < 1.29 is 4.74 Å². The maximum atomic E-state index is 6.39. The van der Waals surface area contributed by atoms with Crippen LogP contribution >= 0.6 is 11.6 Å². The number of fused-ring (bicyclic) bond motifs is 1. The number of nitrogens with one attached hydrogen (secondary N) is 1. The lowest BCUT2D eigenvalue weighted by molar-refractivity contribution is 0.299. The molecule has 1 saturated carbocycles. The van der Waals surface area contributed by atoms with Gasteiger partial charge in [0, 0.05) is 16.4 Å². The molecule has 0 bridgehead atoms. The summed E-state index contributed by atoms with van der Waals surface area (Å²) in [6.07, 6.45) is 5.05. The van der Waals surface area contributed by atoms with Gasteiger partial charge in [-0.05, 0) is 66.1 Å². The van der Waals surface area contributed by atoms with Crippen molar-refractivity contribution in [3.63, 3.8) is 0 Å². The number of pyridine rings is 1. The molecule has 3 aromatic carbocycles. The molecule has 0 saturated heterocycles. The Kier molecular flexibility index (Phi) is 6.67. The van der Waals surface area contributed by atoms with E-state index in [1.807, 2.05) is 30.3 Å². The van der Waals surface area contributed by atoms with Crippen LogP contribution in [0.2, 0.25) is 5.15 Å². The van der Waals surface area contributed by atoms with Crippen LogP contribution in [0.15, 0.2) is 91.1 Å². The third-order valence-corrected chi connectivity index (χ3v) is 8.34. The van der Waals surface area contributed by atoms with Crippen molar-refractivity contribution in [2.45, 2.75) is 45.1 Å². The van der Waals surface area contributed by atoms with Crippen LogP contribution < -0.4 is 4.74 Å². The molecule has 5 aromatic rings. The van der Waals surface area contributed by atoms with Crippen LogP contribution in [-0.4, -0.2) is 15.0 Å². The van der Waals surface area contributed by atoms with Crippen LogP contribution in [0.3, 0.4) is 0 Å². The first kappa shape index (κ1) is 24.7. The van der Waals surface area contributed by atoms with Gasteiger partial charge in [-0.15, -0.1) is 0 Å². The summed E-state index contributed by atoms with van der Waals surface area (Å²) in [5.74, 6) is 2.74. The van der Waals surface area contributed by atoms with Crippen LogP contribution in [-0.2, 0) is 12.0 Å². The molecule has 4 nitrogen and oxygen atoms in total. The van der Waals surface area contributed by atoms with Crippen LogP contribution in [0.25, 0.3) is 22.3 Å². The number of ether oxygens (including phenoxy) is 1. The highest BCUT2D eigenvalue weighted by molar-refractivity contribution is 6.29. The Hall–Kier alpha value is -3.63. The summed E-state index contributed by atoms with van der Waals surface area (Å²) in [4.78, 5) is 12.7. The molecule has 1 aliphatic carbocycles. The average Bonchev–Trinajstić information content (AvgIpc) is 3.55. The lowest BCUT2D eigenvalue weighted by Crippen LogP contribution is -2.33. The predicted molar refractivity (Wildman–Crippen MR) is 155 cm³/mol. The van der Waals surface area contributed by atoms with Gasteiger partial charge in [0.1, 0.15) is 23.3 Å². The molecule has 5 heteroatoms. The summed E-state index contributed by atoms with van der Waals surface area (Å²) in [5.41, 5.74) is 5.41. The molecule has 2 heterocycles. The SMILES string of the molecule is CCC1CC(C)CC1(c1ccccc1)c1cc(OCc2ccc3ccccc3n2)ccc1-c1ncc(Cl)[nH]1. The topological polar surface area (TPSA) is 50.8 Å². The molecular formula is C33H32ClN3O. The number of nitrogens with zero attached hydrogens (tertiary/aromatic N) is 2. The molecule has 0 amide bonds. The molecule has 0 aliphatic heterocycles. The van der Waals surface area contributed by atoms with E-state index in [0.29, 0.717) is 23.6 Å². The number of aromatic amines is 1. The zero-order valence-corrected chi connectivity index (χ0v) is 22.6. The predicted octanol–water partition coefficient (Wildman–Crippen LogP) is 8.60. The minimum atomic E-state index is -0.148. The number of imidazole rings is 1. The van der Waals surface area contributed by atoms with Gasteiger partial charge in [-0.2, -0.15) is 0 Å². The normalized spacial score (nSPS) is 21.1. The fourth-order valence-electron chi connectivity index (χ4n) is 6.55. The monoisotopic (exact) mass is 521 g/mol. The number of hydrogen-bond donors (Lipinski definition) is 1. The van der Waals surface area contributed by atoms with Gasteiger partial charge in [0.25, 0.3) is 0 Å². The van der Waals surface area contributed by atoms with E-state index in [2.05, 4.69) is 78.4 Å². The lowest BCUT2D eigenvalue weighted by atomic mass is 9.65. The molecule has 38 heavy (non-hydrogen) atoms. The van der Waals surface area contributed by atoms with Crippen molar-refractivity contribution in [3.8, 4) is 17.1 Å². The Bertz CT molecular complexity index is 1560. The maximum absolute atomic E-state index is 6.39. The summed E-state index contributed by atoms with van der Waals surface area (Å²) in [6, 6.07) is 29.7. The van der Waals surface area contributed by atoms with E-state index in [-0.39, 0.29) is 5.41 Å². The Morgan fingerprint density at radius 2 is 1.82 bits per heavy atom. The van der Waals surface area contributed by atoms with E-state index in [1.165, 1.54) is 17.5 Å². The van der Waals surface area contributed by atoms with Crippen molar-refractivity contribution in [1.29, 1.82) is 0 Å². The van der Waals surface area contributed by atoms with Crippen molar-refractivity contribution in [3.05, 3.63) is 113 Å². The van der Waals surface area contributed by atoms with E-state index >= 15 is 0 Å². The first-order valence-corrected chi connectivity index (χ1v) is 13.8. The molecule has 2 aromatic heterocycles. The van der Waals surface area contributed by atoms with Crippen LogP contribution in [0.4, 0.5) is 0 Å². The Labute approximate surface area is 229 Å². The molecule has 1 aliphatic rings. The fourth-order valence-corrected chi connectivity index (χ4v) is 6.68. The van der Waals surface area contributed by atoms with Gasteiger partial charge in [-0.1, -0.05) is 86.5 Å². The van der Waals surface area contributed by atoms with Gasteiger partial charge >= 0.3 is 0 Å². The zero-order valence-electron chi connectivity index (χ0n) is 21.8. The molecule has 0 radical (unpaired) electrons. The van der Waals surface area contributed by atoms with Crippen molar-refractivity contribution in [2.24, 2.45) is 11.8 Å². The summed E-state index contributed by atoms with van der Waals surface area (Å²) in [6.45, 7) is 5.10. The van der Waals surface area contributed by atoms with Gasteiger partial charge in [0.05, 0.1) is 17.4 Å². The second-order valence-corrected chi connectivity index (χ2v) is 11.0. The minimum Gasteiger partial charge on any atom is -0.487 e. The standard InChI is InChI=1S/C33H32ClN3O/c1-3-24-17-22(2)19-33(24,25-10-5-4-6-11-25)29-18-27(15-16-28(29)32-35-20-31(34)37-32)38-21-26-14-13-23-9-7-8-12-30(23)36-26/h4-16,18,20,22,24H,3,17,19,21H2,1-2H3,(H,35,37). The molecule has 0 spiro atoms. The summed E-state index contributed by atoms with van der Waals surface area (Å²) < 4.78 is 6.39. The highest BCUT2D eigenvalue weighted by atomic mass is 35.5.